The van der Waals surface area contributed by atoms with Gasteiger partial charge in [-0.15, -0.1) is 0 Å². The lowest BCUT2D eigenvalue weighted by atomic mass is 10.0. The molecule has 0 atom stereocenters. The molecule has 3 rings (SSSR count). The maximum absolute atomic E-state index is 14.1. The van der Waals surface area contributed by atoms with E-state index in [-0.39, 0.29) is 12.2 Å². The quantitative estimate of drug-likeness (QED) is 0.710. The van der Waals surface area contributed by atoms with Crippen molar-refractivity contribution in [3.8, 4) is 16.9 Å². The second kappa shape index (κ2) is 7.62. The van der Waals surface area contributed by atoms with Gasteiger partial charge in [-0.25, -0.2) is 4.39 Å². The molecule has 0 aliphatic carbocycles. The van der Waals surface area contributed by atoms with Crippen LogP contribution in [0.5, 0.6) is 5.75 Å². The summed E-state index contributed by atoms with van der Waals surface area (Å²) in [6, 6.07) is 21.1. The molecule has 0 aromatic heterocycles. The van der Waals surface area contributed by atoms with Crippen LogP contribution >= 0.6 is 0 Å². The first-order chi connectivity index (χ1) is 12.1. The number of rotatable bonds is 6. The van der Waals surface area contributed by atoms with Gasteiger partial charge in [0, 0.05) is 5.56 Å². The average molecular weight is 336 g/mol. The maximum Gasteiger partial charge on any atom is 0.307 e. The van der Waals surface area contributed by atoms with Gasteiger partial charge in [0.25, 0.3) is 0 Å². The van der Waals surface area contributed by atoms with Gasteiger partial charge in [0.2, 0.25) is 0 Å². The second-order valence-electron chi connectivity index (χ2n) is 5.69. The van der Waals surface area contributed by atoms with Gasteiger partial charge in [-0.3, -0.25) is 4.79 Å². The van der Waals surface area contributed by atoms with Crippen LogP contribution in [-0.4, -0.2) is 11.1 Å². The van der Waals surface area contributed by atoms with E-state index in [0.29, 0.717) is 29.0 Å². The monoisotopic (exact) mass is 336 g/mol. The molecular formula is C21H17FO3. The molecule has 3 aromatic carbocycles. The highest BCUT2D eigenvalue weighted by atomic mass is 19.1. The molecule has 0 fully saturated rings. The minimum Gasteiger partial charge on any atom is -0.489 e. The molecule has 3 aromatic rings. The number of aliphatic carboxylic acids is 1. The van der Waals surface area contributed by atoms with E-state index in [4.69, 9.17) is 9.84 Å². The highest BCUT2D eigenvalue weighted by molar-refractivity contribution is 5.73. The SMILES string of the molecule is O=C(O)Cc1cc(OCc2ccccc2)cc(-c2ccccc2F)c1. The molecule has 4 heteroatoms. The lowest BCUT2D eigenvalue weighted by Crippen LogP contribution is -2.02. The van der Waals surface area contributed by atoms with Crippen LogP contribution in [0.3, 0.4) is 0 Å². The number of benzene rings is 3. The van der Waals surface area contributed by atoms with E-state index in [0.717, 1.165) is 5.56 Å². The first-order valence-corrected chi connectivity index (χ1v) is 7.89. The standard InChI is InChI=1S/C21H17FO3/c22-20-9-5-4-8-19(20)17-10-16(12-21(23)24)11-18(13-17)25-14-15-6-2-1-3-7-15/h1-11,13H,12,14H2,(H,23,24). The van der Waals surface area contributed by atoms with Gasteiger partial charge in [-0.2, -0.15) is 0 Å². The van der Waals surface area contributed by atoms with E-state index in [1.54, 1.807) is 36.4 Å². The van der Waals surface area contributed by atoms with Gasteiger partial charge in [-0.1, -0.05) is 54.6 Å². The number of ether oxygens (including phenoxy) is 1. The van der Waals surface area contributed by atoms with Crippen LogP contribution in [0.4, 0.5) is 4.39 Å². The Hall–Kier alpha value is -3.14. The zero-order valence-electron chi connectivity index (χ0n) is 13.5. The number of hydrogen-bond acceptors (Lipinski definition) is 2. The lowest BCUT2D eigenvalue weighted by molar-refractivity contribution is -0.136. The minimum atomic E-state index is -0.945. The second-order valence-corrected chi connectivity index (χ2v) is 5.69. The van der Waals surface area contributed by atoms with E-state index in [1.807, 2.05) is 30.3 Å². The Morgan fingerprint density at radius 1 is 0.920 bits per heavy atom. The van der Waals surface area contributed by atoms with Crippen LogP contribution in [0, 0.1) is 5.82 Å². The van der Waals surface area contributed by atoms with Gasteiger partial charge < -0.3 is 9.84 Å². The third kappa shape index (κ3) is 4.44. The molecule has 0 radical (unpaired) electrons. The van der Waals surface area contributed by atoms with Crippen LogP contribution in [0.1, 0.15) is 11.1 Å². The van der Waals surface area contributed by atoms with Gasteiger partial charge in [0.05, 0.1) is 6.42 Å². The normalized spacial score (nSPS) is 10.4. The molecule has 0 amide bonds. The van der Waals surface area contributed by atoms with Crippen LogP contribution in [0.15, 0.2) is 72.8 Å². The molecule has 0 saturated carbocycles. The molecule has 0 aliphatic heterocycles. The third-order valence-electron chi connectivity index (χ3n) is 3.75. The van der Waals surface area contributed by atoms with Crippen molar-refractivity contribution in [1.82, 2.24) is 0 Å². The van der Waals surface area contributed by atoms with Crippen LogP contribution in [0.25, 0.3) is 11.1 Å². The molecule has 3 nitrogen and oxygen atoms in total. The molecule has 0 bridgehead atoms. The molecule has 0 unspecified atom stereocenters. The Bertz CT molecular complexity index is 875. The largest absolute Gasteiger partial charge is 0.489 e. The van der Waals surface area contributed by atoms with Gasteiger partial charge in [0.1, 0.15) is 18.2 Å². The highest BCUT2D eigenvalue weighted by Gasteiger charge is 2.10. The van der Waals surface area contributed by atoms with Crippen molar-refractivity contribution < 1.29 is 19.0 Å². The molecule has 25 heavy (non-hydrogen) atoms. The molecular weight excluding hydrogens is 319 g/mol. The molecule has 0 saturated heterocycles. The van der Waals surface area contributed by atoms with Gasteiger partial charge in [0.15, 0.2) is 0 Å². The summed E-state index contributed by atoms with van der Waals surface area (Å²) < 4.78 is 19.9. The predicted octanol–water partition coefficient (Wildman–Crippen LogP) is 4.70. The van der Waals surface area contributed by atoms with Crippen molar-refractivity contribution in [2.24, 2.45) is 0 Å². The molecule has 1 N–H and O–H groups in total. The Labute approximate surface area is 145 Å². The first-order valence-electron chi connectivity index (χ1n) is 7.89. The number of halogens is 1. The lowest BCUT2D eigenvalue weighted by Gasteiger charge is -2.12. The maximum atomic E-state index is 14.1. The highest BCUT2D eigenvalue weighted by Crippen LogP contribution is 2.29. The smallest absolute Gasteiger partial charge is 0.307 e. The molecule has 0 heterocycles. The van der Waals surface area contributed by atoms with Crippen LogP contribution in [0.2, 0.25) is 0 Å². The summed E-state index contributed by atoms with van der Waals surface area (Å²) in [5.41, 5.74) is 2.58. The fourth-order valence-corrected chi connectivity index (χ4v) is 2.61. The molecule has 126 valence electrons. The van der Waals surface area contributed by atoms with Gasteiger partial charge >= 0.3 is 5.97 Å². The number of hydrogen-bond donors (Lipinski definition) is 1. The van der Waals surface area contributed by atoms with Crippen LogP contribution < -0.4 is 4.74 Å². The molecule has 0 spiro atoms. The summed E-state index contributed by atoms with van der Waals surface area (Å²) in [5, 5.41) is 9.07. The summed E-state index contributed by atoms with van der Waals surface area (Å²) in [6.45, 7) is 0.355. The topological polar surface area (TPSA) is 46.5 Å². The average Bonchev–Trinajstić information content (AvgIpc) is 2.60. The van der Waals surface area contributed by atoms with Gasteiger partial charge in [-0.05, 0) is 34.9 Å². The predicted molar refractivity (Wildman–Crippen MR) is 93.9 cm³/mol. The number of carboxylic acid groups (broad SMARTS) is 1. The van der Waals surface area contributed by atoms with Crippen molar-refractivity contribution in [2.75, 3.05) is 0 Å². The summed E-state index contributed by atoms with van der Waals surface area (Å²) in [7, 11) is 0. The fourth-order valence-electron chi connectivity index (χ4n) is 2.61. The van der Waals surface area contributed by atoms with Crippen molar-refractivity contribution in [1.29, 1.82) is 0 Å². The Morgan fingerprint density at radius 3 is 2.36 bits per heavy atom. The Kier molecular flexibility index (Phi) is 5.09. The number of carboxylic acids is 1. The van der Waals surface area contributed by atoms with E-state index in [2.05, 4.69) is 0 Å². The van der Waals surface area contributed by atoms with E-state index in [1.165, 1.54) is 6.07 Å². The van der Waals surface area contributed by atoms with Crippen LogP contribution in [-0.2, 0) is 17.8 Å². The van der Waals surface area contributed by atoms with Crippen molar-refractivity contribution >= 4 is 5.97 Å². The summed E-state index contributed by atoms with van der Waals surface area (Å²) >= 11 is 0. The summed E-state index contributed by atoms with van der Waals surface area (Å²) in [4.78, 5) is 11.1. The summed E-state index contributed by atoms with van der Waals surface area (Å²) in [5.74, 6) is -0.787. The Morgan fingerprint density at radius 2 is 1.64 bits per heavy atom. The summed E-state index contributed by atoms with van der Waals surface area (Å²) in [6.07, 6.45) is -0.149. The zero-order chi connectivity index (χ0) is 17.6. The van der Waals surface area contributed by atoms with Crippen molar-refractivity contribution in [2.45, 2.75) is 13.0 Å². The Balaban J connectivity index is 1.92. The van der Waals surface area contributed by atoms with E-state index >= 15 is 0 Å². The zero-order valence-corrected chi connectivity index (χ0v) is 13.5. The number of carbonyl (C=O) groups is 1. The van der Waals surface area contributed by atoms with Crippen molar-refractivity contribution in [3.63, 3.8) is 0 Å². The minimum absolute atomic E-state index is 0.149. The van der Waals surface area contributed by atoms with E-state index in [9.17, 15) is 9.18 Å². The van der Waals surface area contributed by atoms with Crippen molar-refractivity contribution in [3.05, 3.63) is 89.7 Å². The fraction of sp³-hybridized carbons (Fsp3) is 0.0952. The third-order valence-corrected chi connectivity index (χ3v) is 3.75. The first kappa shape index (κ1) is 16.7. The molecule has 0 aliphatic rings. The van der Waals surface area contributed by atoms with E-state index < -0.39 is 5.97 Å².